The number of non-ortho nitro benzene ring substituents is 1. The Hall–Kier alpha value is -1.86. The van der Waals surface area contributed by atoms with Crippen LogP contribution < -0.4 is 10.1 Å². The normalized spacial score (nSPS) is 10.4. The monoisotopic (exact) mass is 256 g/mol. The highest BCUT2D eigenvalue weighted by Crippen LogP contribution is 2.28. The van der Waals surface area contributed by atoms with Crippen molar-refractivity contribution in [3.8, 4) is 5.75 Å². The topological polar surface area (TPSA) is 82.9 Å². The van der Waals surface area contributed by atoms with Crippen molar-refractivity contribution in [2.45, 2.75) is 6.29 Å². The van der Waals surface area contributed by atoms with E-state index in [4.69, 9.17) is 14.2 Å². The first-order valence-corrected chi connectivity index (χ1v) is 5.24. The molecule has 18 heavy (non-hydrogen) atoms. The lowest BCUT2D eigenvalue weighted by molar-refractivity contribution is -0.384. The fourth-order valence-electron chi connectivity index (χ4n) is 1.40. The van der Waals surface area contributed by atoms with Gasteiger partial charge in [-0.3, -0.25) is 10.1 Å². The van der Waals surface area contributed by atoms with E-state index in [1.54, 1.807) is 6.07 Å². The first-order valence-electron chi connectivity index (χ1n) is 5.24. The predicted octanol–water partition coefficient (Wildman–Crippen LogP) is 1.63. The first-order chi connectivity index (χ1) is 8.62. The highest BCUT2D eigenvalue weighted by atomic mass is 16.7. The van der Waals surface area contributed by atoms with Crippen LogP contribution in [0.25, 0.3) is 0 Å². The summed E-state index contributed by atoms with van der Waals surface area (Å²) < 4.78 is 15.1. The smallest absolute Gasteiger partial charge is 0.273 e. The fourth-order valence-corrected chi connectivity index (χ4v) is 1.40. The van der Waals surface area contributed by atoms with E-state index in [0.29, 0.717) is 18.0 Å². The maximum atomic E-state index is 10.6. The highest BCUT2D eigenvalue weighted by Gasteiger charge is 2.12. The van der Waals surface area contributed by atoms with Gasteiger partial charge in [-0.05, 0) is 6.07 Å². The molecule has 0 bridgehead atoms. The van der Waals surface area contributed by atoms with Gasteiger partial charge in [-0.25, -0.2) is 0 Å². The minimum Gasteiger partial charge on any atom is -0.494 e. The lowest BCUT2D eigenvalue weighted by atomic mass is 10.2. The second-order valence-corrected chi connectivity index (χ2v) is 3.42. The SMILES string of the molecule is COc1cc([N+](=O)[O-])ccc1NCC(OC)OC. The van der Waals surface area contributed by atoms with E-state index in [2.05, 4.69) is 5.32 Å². The Bertz CT molecular complexity index is 406. The van der Waals surface area contributed by atoms with Gasteiger partial charge in [0.05, 0.1) is 30.3 Å². The van der Waals surface area contributed by atoms with Crippen LogP contribution in [0.5, 0.6) is 5.75 Å². The van der Waals surface area contributed by atoms with Crippen LogP contribution in [0.3, 0.4) is 0 Å². The fraction of sp³-hybridized carbons (Fsp3) is 0.455. The second kappa shape index (κ2) is 6.77. The maximum absolute atomic E-state index is 10.6. The van der Waals surface area contributed by atoms with Crippen LogP contribution in [0.4, 0.5) is 11.4 Å². The van der Waals surface area contributed by atoms with E-state index in [0.717, 1.165) is 0 Å². The number of nitrogens with zero attached hydrogens (tertiary/aromatic N) is 1. The minimum absolute atomic E-state index is 0.0209. The summed E-state index contributed by atoms with van der Waals surface area (Å²) >= 11 is 0. The van der Waals surface area contributed by atoms with Crippen LogP contribution in [-0.4, -0.2) is 39.1 Å². The Morgan fingerprint density at radius 1 is 1.33 bits per heavy atom. The summed E-state index contributed by atoms with van der Waals surface area (Å²) in [5.74, 6) is 0.398. The predicted molar refractivity (Wildman–Crippen MR) is 65.9 cm³/mol. The summed E-state index contributed by atoms with van der Waals surface area (Å²) in [5.41, 5.74) is 0.620. The number of rotatable bonds is 7. The number of nitro benzene ring substituents is 1. The van der Waals surface area contributed by atoms with Gasteiger partial charge in [-0.15, -0.1) is 0 Å². The molecule has 0 amide bonds. The van der Waals surface area contributed by atoms with Gasteiger partial charge in [0.25, 0.3) is 5.69 Å². The van der Waals surface area contributed by atoms with Crippen molar-refractivity contribution in [3.05, 3.63) is 28.3 Å². The number of ether oxygens (including phenoxy) is 3. The van der Waals surface area contributed by atoms with E-state index >= 15 is 0 Å². The Morgan fingerprint density at radius 3 is 2.50 bits per heavy atom. The summed E-state index contributed by atoms with van der Waals surface area (Å²) in [4.78, 5) is 10.2. The minimum atomic E-state index is -0.473. The molecular formula is C11H16N2O5. The summed E-state index contributed by atoms with van der Waals surface area (Å²) in [5, 5.41) is 13.7. The van der Waals surface area contributed by atoms with Gasteiger partial charge in [0.15, 0.2) is 6.29 Å². The van der Waals surface area contributed by atoms with Gasteiger partial charge in [0, 0.05) is 20.3 Å². The standard InChI is InChI=1S/C11H16N2O5/c1-16-10-6-8(13(14)15)4-5-9(10)12-7-11(17-2)18-3/h4-6,11-12H,7H2,1-3H3. The molecule has 7 nitrogen and oxygen atoms in total. The quantitative estimate of drug-likeness (QED) is 0.453. The van der Waals surface area contributed by atoms with E-state index in [9.17, 15) is 10.1 Å². The Morgan fingerprint density at radius 2 is 2.00 bits per heavy atom. The molecule has 0 aliphatic rings. The molecule has 0 spiro atoms. The molecule has 1 N–H and O–H groups in total. The molecule has 0 fully saturated rings. The summed E-state index contributed by atoms with van der Waals surface area (Å²) in [6, 6.07) is 4.34. The zero-order valence-electron chi connectivity index (χ0n) is 10.5. The van der Waals surface area contributed by atoms with Crippen molar-refractivity contribution in [1.82, 2.24) is 0 Å². The average molecular weight is 256 g/mol. The zero-order chi connectivity index (χ0) is 13.5. The lowest BCUT2D eigenvalue weighted by Crippen LogP contribution is -2.23. The highest BCUT2D eigenvalue weighted by molar-refractivity contribution is 5.60. The molecule has 0 heterocycles. The molecule has 0 atom stereocenters. The zero-order valence-corrected chi connectivity index (χ0v) is 10.5. The van der Waals surface area contributed by atoms with Gasteiger partial charge in [-0.1, -0.05) is 0 Å². The first kappa shape index (κ1) is 14.2. The van der Waals surface area contributed by atoms with Crippen molar-refractivity contribution in [2.75, 3.05) is 33.2 Å². The number of hydrogen-bond donors (Lipinski definition) is 1. The van der Waals surface area contributed by atoms with Gasteiger partial charge >= 0.3 is 0 Å². The molecule has 0 radical (unpaired) electrons. The number of anilines is 1. The number of benzene rings is 1. The van der Waals surface area contributed by atoms with Crippen molar-refractivity contribution < 1.29 is 19.1 Å². The Balaban J connectivity index is 2.79. The second-order valence-electron chi connectivity index (χ2n) is 3.42. The van der Waals surface area contributed by atoms with Gasteiger partial charge in [-0.2, -0.15) is 0 Å². The molecule has 0 aliphatic carbocycles. The molecule has 1 rings (SSSR count). The van der Waals surface area contributed by atoms with Crippen LogP contribution in [0.2, 0.25) is 0 Å². The number of methoxy groups -OCH3 is 3. The summed E-state index contributed by atoms with van der Waals surface area (Å²) in [6.07, 6.45) is -0.398. The summed E-state index contributed by atoms with van der Waals surface area (Å²) in [7, 11) is 4.51. The van der Waals surface area contributed by atoms with E-state index in [-0.39, 0.29) is 5.69 Å². The average Bonchev–Trinajstić information content (AvgIpc) is 2.39. The van der Waals surface area contributed by atoms with Crippen molar-refractivity contribution in [2.24, 2.45) is 0 Å². The van der Waals surface area contributed by atoms with E-state index in [1.807, 2.05) is 0 Å². The molecular weight excluding hydrogens is 240 g/mol. The number of nitrogens with one attached hydrogen (secondary N) is 1. The van der Waals surface area contributed by atoms with Gasteiger partial charge in [0.1, 0.15) is 5.75 Å². The third-order valence-corrected chi connectivity index (χ3v) is 2.38. The molecule has 0 aliphatic heterocycles. The largest absolute Gasteiger partial charge is 0.494 e. The molecule has 1 aromatic rings. The van der Waals surface area contributed by atoms with Crippen molar-refractivity contribution in [1.29, 1.82) is 0 Å². The third kappa shape index (κ3) is 3.57. The number of nitro groups is 1. The number of hydrogen-bond acceptors (Lipinski definition) is 6. The molecule has 0 unspecified atom stereocenters. The molecule has 100 valence electrons. The molecule has 0 aromatic heterocycles. The molecule has 0 saturated carbocycles. The maximum Gasteiger partial charge on any atom is 0.273 e. The van der Waals surface area contributed by atoms with E-state index in [1.165, 1.54) is 33.5 Å². The van der Waals surface area contributed by atoms with Gasteiger partial charge < -0.3 is 19.5 Å². The Kier molecular flexibility index (Phi) is 5.34. The van der Waals surface area contributed by atoms with Gasteiger partial charge in [0.2, 0.25) is 0 Å². The third-order valence-electron chi connectivity index (χ3n) is 2.38. The van der Waals surface area contributed by atoms with Crippen LogP contribution >= 0.6 is 0 Å². The van der Waals surface area contributed by atoms with Crippen molar-refractivity contribution in [3.63, 3.8) is 0 Å². The van der Waals surface area contributed by atoms with Crippen LogP contribution in [0.15, 0.2) is 18.2 Å². The molecule has 7 heteroatoms. The van der Waals surface area contributed by atoms with Crippen LogP contribution in [0.1, 0.15) is 0 Å². The molecule has 1 aromatic carbocycles. The lowest BCUT2D eigenvalue weighted by Gasteiger charge is -2.16. The van der Waals surface area contributed by atoms with E-state index < -0.39 is 11.2 Å². The Labute approximate surface area is 105 Å². The van der Waals surface area contributed by atoms with Crippen molar-refractivity contribution >= 4 is 11.4 Å². The summed E-state index contributed by atoms with van der Waals surface area (Å²) in [6.45, 7) is 0.404. The molecule has 0 saturated heterocycles. The van der Waals surface area contributed by atoms with Crippen LogP contribution in [0, 0.1) is 10.1 Å². The van der Waals surface area contributed by atoms with Crippen LogP contribution in [-0.2, 0) is 9.47 Å².